The standard InChI is InChI=1S/C18H17N3O2S/c22-24(23,18-8-2-1-3-9-18)21(14-16-6-4-10-19-12-16)15-17-7-5-11-20-13-17/h1-13H,14-15H2. The van der Waals surface area contributed by atoms with E-state index in [0.29, 0.717) is 0 Å². The quantitative estimate of drug-likeness (QED) is 0.693. The highest BCUT2D eigenvalue weighted by molar-refractivity contribution is 7.89. The van der Waals surface area contributed by atoms with Gasteiger partial charge in [0.05, 0.1) is 4.90 Å². The summed E-state index contributed by atoms with van der Waals surface area (Å²) in [4.78, 5) is 8.41. The van der Waals surface area contributed by atoms with Crippen LogP contribution in [0.15, 0.2) is 84.3 Å². The second-order valence-corrected chi connectivity index (χ2v) is 7.25. The van der Waals surface area contributed by atoms with E-state index in [1.807, 2.05) is 12.1 Å². The number of sulfonamides is 1. The first-order valence-electron chi connectivity index (χ1n) is 7.49. The van der Waals surface area contributed by atoms with Gasteiger partial charge in [0, 0.05) is 37.9 Å². The Morgan fingerprint density at radius 3 is 1.75 bits per heavy atom. The number of aromatic nitrogens is 2. The van der Waals surface area contributed by atoms with Gasteiger partial charge in [-0.3, -0.25) is 9.97 Å². The zero-order valence-electron chi connectivity index (χ0n) is 13.0. The molecule has 0 unspecified atom stereocenters. The van der Waals surface area contributed by atoms with Crippen molar-refractivity contribution in [3.63, 3.8) is 0 Å². The molecule has 0 aliphatic carbocycles. The van der Waals surface area contributed by atoms with Crippen LogP contribution in [0.3, 0.4) is 0 Å². The van der Waals surface area contributed by atoms with E-state index in [0.717, 1.165) is 11.1 Å². The van der Waals surface area contributed by atoms with Gasteiger partial charge < -0.3 is 0 Å². The average molecular weight is 339 g/mol. The van der Waals surface area contributed by atoms with Gasteiger partial charge in [-0.25, -0.2) is 8.42 Å². The summed E-state index contributed by atoms with van der Waals surface area (Å²) in [7, 11) is -3.62. The van der Waals surface area contributed by atoms with E-state index in [2.05, 4.69) is 9.97 Å². The van der Waals surface area contributed by atoms with E-state index in [1.54, 1.807) is 67.3 Å². The normalized spacial score (nSPS) is 11.5. The Balaban J connectivity index is 1.95. The van der Waals surface area contributed by atoms with Crippen molar-refractivity contribution in [2.24, 2.45) is 0 Å². The summed E-state index contributed by atoms with van der Waals surface area (Å²) in [6, 6.07) is 15.8. The van der Waals surface area contributed by atoms with Crippen molar-refractivity contribution in [3.05, 3.63) is 90.5 Å². The van der Waals surface area contributed by atoms with E-state index in [4.69, 9.17) is 0 Å². The summed E-state index contributed by atoms with van der Waals surface area (Å²) in [6.07, 6.45) is 6.69. The number of hydrogen-bond donors (Lipinski definition) is 0. The SMILES string of the molecule is O=S(=O)(c1ccccc1)N(Cc1cccnc1)Cc1cccnc1. The van der Waals surface area contributed by atoms with Crippen LogP contribution in [0.2, 0.25) is 0 Å². The fraction of sp³-hybridized carbons (Fsp3) is 0.111. The Hall–Kier alpha value is -2.57. The lowest BCUT2D eigenvalue weighted by Crippen LogP contribution is -2.30. The molecule has 2 heterocycles. The first kappa shape index (κ1) is 16.3. The van der Waals surface area contributed by atoms with Gasteiger partial charge in [-0.2, -0.15) is 4.31 Å². The number of pyridine rings is 2. The van der Waals surface area contributed by atoms with Gasteiger partial charge >= 0.3 is 0 Å². The average Bonchev–Trinajstić information content (AvgIpc) is 2.64. The molecule has 122 valence electrons. The fourth-order valence-electron chi connectivity index (χ4n) is 2.36. The maximum atomic E-state index is 13.0. The van der Waals surface area contributed by atoms with Crippen LogP contribution in [0, 0.1) is 0 Å². The molecule has 0 atom stereocenters. The monoisotopic (exact) mass is 339 g/mol. The molecule has 24 heavy (non-hydrogen) atoms. The third kappa shape index (κ3) is 3.84. The van der Waals surface area contributed by atoms with Gasteiger partial charge in [-0.15, -0.1) is 0 Å². The maximum Gasteiger partial charge on any atom is 0.243 e. The lowest BCUT2D eigenvalue weighted by Gasteiger charge is -2.22. The highest BCUT2D eigenvalue weighted by Gasteiger charge is 2.24. The van der Waals surface area contributed by atoms with Crippen LogP contribution in [0.25, 0.3) is 0 Å². The summed E-state index contributed by atoms with van der Waals surface area (Å²) < 4.78 is 27.5. The number of rotatable bonds is 6. The van der Waals surface area contributed by atoms with Gasteiger partial charge in [0.2, 0.25) is 10.0 Å². The molecule has 2 aromatic heterocycles. The third-order valence-electron chi connectivity index (χ3n) is 3.54. The lowest BCUT2D eigenvalue weighted by atomic mass is 10.2. The molecule has 3 rings (SSSR count). The van der Waals surface area contributed by atoms with Gasteiger partial charge in [0.25, 0.3) is 0 Å². The molecule has 3 aromatic rings. The predicted molar refractivity (Wildman–Crippen MR) is 91.3 cm³/mol. The van der Waals surface area contributed by atoms with Crippen molar-refractivity contribution in [2.45, 2.75) is 18.0 Å². The van der Waals surface area contributed by atoms with E-state index >= 15 is 0 Å². The van der Waals surface area contributed by atoms with Crippen molar-refractivity contribution in [3.8, 4) is 0 Å². The van der Waals surface area contributed by atoms with Crippen molar-refractivity contribution in [1.29, 1.82) is 0 Å². The lowest BCUT2D eigenvalue weighted by molar-refractivity contribution is 0.400. The van der Waals surface area contributed by atoms with Gasteiger partial charge in [-0.05, 0) is 35.4 Å². The zero-order chi connectivity index (χ0) is 16.8. The number of benzene rings is 1. The number of nitrogens with zero attached hydrogens (tertiary/aromatic N) is 3. The molecular weight excluding hydrogens is 322 g/mol. The Labute approximate surface area is 141 Å². The minimum atomic E-state index is -3.62. The van der Waals surface area contributed by atoms with E-state index in [1.165, 1.54) is 4.31 Å². The summed E-state index contributed by atoms with van der Waals surface area (Å²) in [5, 5.41) is 0. The first-order valence-corrected chi connectivity index (χ1v) is 8.93. The molecule has 6 heteroatoms. The van der Waals surface area contributed by atoms with E-state index in [-0.39, 0.29) is 18.0 Å². The molecular formula is C18H17N3O2S. The molecule has 0 spiro atoms. The van der Waals surface area contributed by atoms with Gasteiger partial charge in [0.1, 0.15) is 0 Å². The highest BCUT2D eigenvalue weighted by Crippen LogP contribution is 2.20. The maximum absolute atomic E-state index is 13.0. The molecule has 5 nitrogen and oxygen atoms in total. The smallest absolute Gasteiger partial charge is 0.243 e. The van der Waals surface area contributed by atoms with Crippen molar-refractivity contribution >= 4 is 10.0 Å². The topological polar surface area (TPSA) is 63.2 Å². The van der Waals surface area contributed by atoms with Crippen LogP contribution in [0.1, 0.15) is 11.1 Å². The molecule has 0 amide bonds. The second-order valence-electron chi connectivity index (χ2n) is 5.31. The van der Waals surface area contributed by atoms with E-state index in [9.17, 15) is 8.42 Å². The van der Waals surface area contributed by atoms with Gasteiger partial charge in [0.15, 0.2) is 0 Å². The molecule has 0 bridgehead atoms. The van der Waals surface area contributed by atoms with Crippen molar-refractivity contribution in [1.82, 2.24) is 14.3 Å². The second kappa shape index (κ2) is 7.33. The molecule has 1 aromatic carbocycles. The van der Waals surface area contributed by atoms with Crippen molar-refractivity contribution < 1.29 is 8.42 Å². The molecule has 0 N–H and O–H groups in total. The molecule has 0 radical (unpaired) electrons. The molecule has 0 aliphatic heterocycles. The van der Waals surface area contributed by atoms with Crippen LogP contribution < -0.4 is 0 Å². The van der Waals surface area contributed by atoms with Crippen LogP contribution in [-0.2, 0) is 23.1 Å². The van der Waals surface area contributed by atoms with Crippen molar-refractivity contribution in [2.75, 3.05) is 0 Å². The Kier molecular flexibility index (Phi) is 4.98. The molecule has 0 aliphatic rings. The van der Waals surface area contributed by atoms with Crippen LogP contribution in [-0.4, -0.2) is 22.7 Å². The Bertz CT molecular complexity index is 828. The molecule has 0 saturated heterocycles. The minimum absolute atomic E-state index is 0.250. The highest BCUT2D eigenvalue weighted by atomic mass is 32.2. The molecule has 0 fully saturated rings. The summed E-state index contributed by atoms with van der Waals surface area (Å²) in [6.45, 7) is 0.500. The predicted octanol–water partition coefficient (Wildman–Crippen LogP) is 2.87. The van der Waals surface area contributed by atoms with Crippen LogP contribution >= 0.6 is 0 Å². The fourth-order valence-corrected chi connectivity index (χ4v) is 3.80. The minimum Gasteiger partial charge on any atom is -0.264 e. The van der Waals surface area contributed by atoms with Crippen LogP contribution in [0.5, 0.6) is 0 Å². The Morgan fingerprint density at radius 1 is 0.750 bits per heavy atom. The number of hydrogen-bond acceptors (Lipinski definition) is 4. The largest absolute Gasteiger partial charge is 0.264 e. The Morgan fingerprint density at radius 2 is 1.29 bits per heavy atom. The van der Waals surface area contributed by atoms with Gasteiger partial charge in [-0.1, -0.05) is 30.3 Å². The zero-order valence-corrected chi connectivity index (χ0v) is 13.8. The third-order valence-corrected chi connectivity index (χ3v) is 5.35. The summed E-state index contributed by atoms with van der Waals surface area (Å²) in [5.74, 6) is 0. The van der Waals surface area contributed by atoms with E-state index < -0.39 is 10.0 Å². The summed E-state index contributed by atoms with van der Waals surface area (Å²) >= 11 is 0. The van der Waals surface area contributed by atoms with Crippen LogP contribution in [0.4, 0.5) is 0 Å². The first-order chi connectivity index (χ1) is 11.7. The molecule has 0 saturated carbocycles. The summed E-state index contributed by atoms with van der Waals surface area (Å²) in [5.41, 5.74) is 1.67.